The molecular formula is C11H24O4Si. The molecule has 0 saturated carbocycles. The zero-order valence-electron chi connectivity index (χ0n) is 10.8. The van der Waals surface area contributed by atoms with E-state index in [0.717, 1.165) is 13.0 Å². The second kappa shape index (κ2) is 6.71. The first-order chi connectivity index (χ1) is 7.68. The molecule has 5 heteroatoms. The van der Waals surface area contributed by atoms with Gasteiger partial charge in [-0.2, -0.15) is 0 Å². The van der Waals surface area contributed by atoms with Crippen LogP contribution in [0.25, 0.3) is 0 Å². The highest BCUT2D eigenvalue weighted by molar-refractivity contribution is 6.68. The molecular weight excluding hydrogens is 224 g/mol. The fraction of sp³-hybridized carbons (Fsp3) is 1.00. The van der Waals surface area contributed by atoms with Gasteiger partial charge in [0.15, 0.2) is 0 Å². The van der Waals surface area contributed by atoms with Crippen molar-refractivity contribution in [1.29, 1.82) is 0 Å². The molecule has 1 saturated heterocycles. The first kappa shape index (κ1) is 14.1. The van der Waals surface area contributed by atoms with E-state index in [-0.39, 0.29) is 11.8 Å². The van der Waals surface area contributed by atoms with Gasteiger partial charge in [-0.25, -0.2) is 0 Å². The predicted octanol–water partition coefficient (Wildman–Crippen LogP) is 1.86. The largest absolute Gasteiger partial charge is 0.393 e. The molecule has 0 N–H and O–H groups in total. The van der Waals surface area contributed by atoms with Crippen LogP contribution in [0, 0.1) is 0 Å². The van der Waals surface area contributed by atoms with Crippen molar-refractivity contribution in [2.45, 2.75) is 45.6 Å². The molecule has 4 nitrogen and oxygen atoms in total. The van der Waals surface area contributed by atoms with Crippen LogP contribution in [0.2, 0.25) is 6.55 Å². The van der Waals surface area contributed by atoms with Crippen LogP contribution in [0.3, 0.4) is 0 Å². The molecule has 0 aromatic carbocycles. The molecule has 0 spiro atoms. The number of rotatable bonds is 9. The van der Waals surface area contributed by atoms with E-state index in [0.29, 0.717) is 19.8 Å². The van der Waals surface area contributed by atoms with E-state index in [1.54, 1.807) is 0 Å². The summed E-state index contributed by atoms with van der Waals surface area (Å²) in [6.07, 6.45) is 1.23. The fourth-order valence-corrected chi connectivity index (χ4v) is 4.61. The molecule has 96 valence electrons. The minimum atomic E-state index is -2.14. The maximum atomic E-state index is 5.77. The molecule has 0 aromatic heterocycles. The molecule has 1 rings (SSSR count). The molecule has 0 amide bonds. The fourth-order valence-electron chi connectivity index (χ4n) is 1.85. The second-order valence-electron chi connectivity index (χ2n) is 4.05. The normalized spacial score (nSPS) is 24.8. The van der Waals surface area contributed by atoms with E-state index in [9.17, 15) is 0 Å². The van der Waals surface area contributed by atoms with Gasteiger partial charge in [-0.15, -0.1) is 0 Å². The van der Waals surface area contributed by atoms with Crippen LogP contribution >= 0.6 is 0 Å². The standard InChI is InChI=1S/C11H24O4Si/c1-5-8-12-9-10-11(15-10)16(4,13-6-2)14-7-3/h10-11H,5-9H2,1-4H3. The second-order valence-corrected chi connectivity index (χ2v) is 7.23. The zero-order valence-corrected chi connectivity index (χ0v) is 11.8. The Morgan fingerprint density at radius 3 is 2.25 bits per heavy atom. The SMILES string of the molecule is CCCOCC1OC1[Si](C)(OCC)OCC. The third-order valence-electron chi connectivity index (χ3n) is 2.59. The highest BCUT2D eigenvalue weighted by Gasteiger charge is 2.57. The van der Waals surface area contributed by atoms with Crippen LogP contribution in [-0.2, 0) is 18.3 Å². The zero-order chi connectivity index (χ0) is 12.0. The summed E-state index contributed by atoms with van der Waals surface area (Å²) >= 11 is 0. The average Bonchev–Trinajstić information content (AvgIpc) is 2.99. The van der Waals surface area contributed by atoms with Crippen LogP contribution < -0.4 is 0 Å². The lowest BCUT2D eigenvalue weighted by Gasteiger charge is -2.24. The Morgan fingerprint density at radius 1 is 1.12 bits per heavy atom. The third-order valence-corrected chi connectivity index (χ3v) is 5.86. The summed E-state index contributed by atoms with van der Waals surface area (Å²) in [7, 11) is -2.14. The van der Waals surface area contributed by atoms with Gasteiger partial charge < -0.3 is 18.3 Å². The van der Waals surface area contributed by atoms with Gasteiger partial charge in [0.25, 0.3) is 0 Å². The lowest BCUT2D eigenvalue weighted by molar-refractivity contribution is 0.117. The first-order valence-electron chi connectivity index (χ1n) is 6.19. The molecule has 1 heterocycles. The number of hydrogen-bond acceptors (Lipinski definition) is 4. The molecule has 1 aliphatic rings. The number of ether oxygens (including phenoxy) is 2. The summed E-state index contributed by atoms with van der Waals surface area (Å²) in [6, 6.07) is 0. The van der Waals surface area contributed by atoms with Crippen LogP contribution in [-0.4, -0.2) is 46.8 Å². The van der Waals surface area contributed by atoms with Gasteiger partial charge in [-0.3, -0.25) is 0 Å². The molecule has 16 heavy (non-hydrogen) atoms. The van der Waals surface area contributed by atoms with Gasteiger partial charge in [0.05, 0.1) is 6.61 Å². The van der Waals surface area contributed by atoms with E-state index < -0.39 is 8.56 Å². The van der Waals surface area contributed by atoms with Crippen LogP contribution in [0.1, 0.15) is 27.2 Å². The van der Waals surface area contributed by atoms with Gasteiger partial charge in [0.1, 0.15) is 11.8 Å². The summed E-state index contributed by atoms with van der Waals surface area (Å²) in [6.45, 7) is 11.0. The lowest BCUT2D eigenvalue weighted by atomic mass is 10.5. The van der Waals surface area contributed by atoms with Crippen molar-refractivity contribution in [3.8, 4) is 0 Å². The van der Waals surface area contributed by atoms with E-state index in [4.69, 9.17) is 18.3 Å². The van der Waals surface area contributed by atoms with Crippen molar-refractivity contribution in [3.05, 3.63) is 0 Å². The molecule has 0 aromatic rings. The van der Waals surface area contributed by atoms with E-state index in [1.165, 1.54) is 0 Å². The maximum Gasteiger partial charge on any atom is 0.367 e. The van der Waals surface area contributed by atoms with Crippen molar-refractivity contribution >= 4 is 8.56 Å². The number of hydrogen-bond donors (Lipinski definition) is 0. The summed E-state index contributed by atoms with van der Waals surface area (Å²) in [5.74, 6) is 0. The minimum Gasteiger partial charge on any atom is -0.393 e. The number of epoxide rings is 1. The molecule has 2 unspecified atom stereocenters. The van der Waals surface area contributed by atoms with Gasteiger partial charge >= 0.3 is 8.56 Å². The van der Waals surface area contributed by atoms with Crippen molar-refractivity contribution in [2.75, 3.05) is 26.4 Å². The van der Waals surface area contributed by atoms with Gasteiger partial charge in [0.2, 0.25) is 0 Å². The average molecular weight is 248 g/mol. The molecule has 0 bridgehead atoms. The Kier molecular flexibility index (Phi) is 5.92. The Hall–Kier alpha value is 0.0569. The third kappa shape index (κ3) is 3.82. The molecule has 1 fully saturated rings. The lowest BCUT2D eigenvalue weighted by Crippen LogP contribution is -2.46. The highest BCUT2D eigenvalue weighted by Crippen LogP contribution is 2.33. The molecule has 1 aliphatic heterocycles. The summed E-state index contributed by atoms with van der Waals surface area (Å²) in [5.41, 5.74) is 0.143. The van der Waals surface area contributed by atoms with Gasteiger partial charge in [-0.1, -0.05) is 6.92 Å². The highest BCUT2D eigenvalue weighted by atomic mass is 28.4. The quantitative estimate of drug-likeness (QED) is 0.355. The Balaban J connectivity index is 2.32. The molecule has 2 atom stereocenters. The Labute approximate surface area is 99.5 Å². The smallest absolute Gasteiger partial charge is 0.367 e. The monoisotopic (exact) mass is 248 g/mol. The minimum absolute atomic E-state index is 0.143. The van der Waals surface area contributed by atoms with E-state index >= 15 is 0 Å². The Morgan fingerprint density at radius 2 is 1.75 bits per heavy atom. The summed E-state index contributed by atoms with van der Waals surface area (Å²) in [4.78, 5) is 0. The molecule has 0 radical (unpaired) electrons. The van der Waals surface area contributed by atoms with E-state index in [2.05, 4.69) is 13.5 Å². The van der Waals surface area contributed by atoms with Gasteiger partial charge in [-0.05, 0) is 26.8 Å². The van der Waals surface area contributed by atoms with Crippen molar-refractivity contribution in [1.82, 2.24) is 0 Å². The summed E-state index contributed by atoms with van der Waals surface area (Å²) < 4.78 is 22.6. The van der Waals surface area contributed by atoms with E-state index in [1.807, 2.05) is 13.8 Å². The van der Waals surface area contributed by atoms with Gasteiger partial charge in [0, 0.05) is 19.8 Å². The Bertz CT molecular complexity index is 194. The predicted molar refractivity (Wildman–Crippen MR) is 64.6 cm³/mol. The van der Waals surface area contributed by atoms with Crippen LogP contribution in [0.4, 0.5) is 0 Å². The maximum absolute atomic E-state index is 5.77. The first-order valence-corrected chi connectivity index (χ1v) is 8.58. The van der Waals surface area contributed by atoms with Crippen LogP contribution in [0.5, 0.6) is 0 Å². The van der Waals surface area contributed by atoms with Crippen LogP contribution in [0.15, 0.2) is 0 Å². The summed E-state index contributed by atoms with van der Waals surface area (Å²) in [5, 5.41) is 0. The molecule has 0 aliphatic carbocycles. The topological polar surface area (TPSA) is 40.2 Å². The van der Waals surface area contributed by atoms with Crippen molar-refractivity contribution in [3.63, 3.8) is 0 Å². The van der Waals surface area contributed by atoms with Crippen molar-refractivity contribution in [2.24, 2.45) is 0 Å². The van der Waals surface area contributed by atoms with Crippen molar-refractivity contribution < 1.29 is 18.3 Å².